The first-order valence-corrected chi connectivity index (χ1v) is 13.6. The summed E-state index contributed by atoms with van der Waals surface area (Å²) in [6.07, 6.45) is 3.91. The molecule has 2 heterocycles. The number of para-hydroxylation sites is 1. The first-order chi connectivity index (χ1) is 19.6. The van der Waals surface area contributed by atoms with Gasteiger partial charge in [0.15, 0.2) is 0 Å². The van der Waals surface area contributed by atoms with Crippen molar-refractivity contribution in [2.75, 3.05) is 6.54 Å². The normalized spacial score (nSPS) is 11.1. The van der Waals surface area contributed by atoms with E-state index in [1.807, 2.05) is 70.3 Å². The van der Waals surface area contributed by atoms with Crippen molar-refractivity contribution < 1.29 is 19.1 Å². The molecule has 0 atom stereocenters. The summed E-state index contributed by atoms with van der Waals surface area (Å²) in [7, 11) is 0. The predicted octanol–water partition coefficient (Wildman–Crippen LogP) is 5.54. The van der Waals surface area contributed by atoms with E-state index in [-0.39, 0.29) is 12.5 Å². The molecule has 0 aliphatic heterocycles. The lowest BCUT2D eigenvalue weighted by Crippen LogP contribution is -2.32. The molecule has 0 aliphatic carbocycles. The third-order valence-electron chi connectivity index (χ3n) is 5.85. The molecule has 0 unspecified atom stereocenters. The third-order valence-corrected chi connectivity index (χ3v) is 5.85. The number of aryl methyl sites for hydroxylation is 2. The Morgan fingerprint density at radius 2 is 1.76 bits per heavy atom. The number of pyridine rings is 1. The molecule has 0 saturated carbocycles. The number of carbonyl (C=O) groups is 2. The molecule has 0 saturated heterocycles. The fraction of sp³-hybridized carbons (Fsp3) is 0.323. The minimum absolute atomic E-state index is 0.176. The van der Waals surface area contributed by atoms with Crippen molar-refractivity contribution in [3.05, 3.63) is 95.4 Å². The van der Waals surface area contributed by atoms with Crippen LogP contribution in [-0.4, -0.2) is 44.1 Å². The van der Waals surface area contributed by atoms with Gasteiger partial charge in [-0.25, -0.2) is 14.5 Å². The molecule has 0 radical (unpaired) electrons. The number of ether oxygens (including phenoxy) is 2. The van der Waals surface area contributed by atoms with E-state index in [9.17, 15) is 9.59 Å². The summed E-state index contributed by atoms with van der Waals surface area (Å²) in [5, 5.41) is 14.1. The van der Waals surface area contributed by atoms with Gasteiger partial charge in [0.1, 0.15) is 11.4 Å². The van der Waals surface area contributed by atoms with E-state index in [1.54, 1.807) is 35.0 Å². The maximum absolute atomic E-state index is 12.7. The smallest absolute Gasteiger partial charge is 0.407 e. The fourth-order valence-corrected chi connectivity index (χ4v) is 4.03. The van der Waals surface area contributed by atoms with Gasteiger partial charge in [-0.15, -0.1) is 5.10 Å². The maximum Gasteiger partial charge on any atom is 0.407 e. The third kappa shape index (κ3) is 9.45. The Morgan fingerprint density at radius 1 is 0.951 bits per heavy atom. The maximum atomic E-state index is 12.7. The fourth-order valence-electron chi connectivity index (χ4n) is 4.03. The van der Waals surface area contributed by atoms with E-state index in [0.717, 1.165) is 41.9 Å². The lowest BCUT2D eigenvalue weighted by Gasteiger charge is -2.19. The second kappa shape index (κ2) is 13.6. The van der Waals surface area contributed by atoms with Crippen LogP contribution >= 0.6 is 0 Å². The highest BCUT2D eigenvalue weighted by Crippen LogP contribution is 2.22. The Labute approximate surface area is 240 Å². The molecule has 2 amide bonds. The highest BCUT2D eigenvalue weighted by molar-refractivity contribution is 5.94. The largest absolute Gasteiger partial charge is 0.444 e. The van der Waals surface area contributed by atoms with Gasteiger partial charge in [0.2, 0.25) is 5.88 Å². The molecule has 4 rings (SSSR count). The van der Waals surface area contributed by atoms with Gasteiger partial charge in [0.25, 0.3) is 5.91 Å². The van der Waals surface area contributed by atoms with Crippen LogP contribution in [0.1, 0.15) is 60.9 Å². The Morgan fingerprint density at radius 3 is 2.54 bits per heavy atom. The molecule has 2 aromatic heterocycles. The number of hydrogen-bond donors (Lipinski definition) is 2. The second-order valence-electron chi connectivity index (χ2n) is 10.6. The molecule has 10 heteroatoms. The highest BCUT2D eigenvalue weighted by Gasteiger charge is 2.16. The number of rotatable bonds is 11. The number of nitrogens with zero attached hydrogens (tertiary/aromatic N) is 4. The van der Waals surface area contributed by atoms with E-state index in [4.69, 9.17) is 9.47 Å². The number of unbranched alkanes of at least 4 members (excludes halogenated alkanes) is 1. The number of aromatic nitrogens is 4. The van der Waals surface area contributed by atoms with Crippen LogP contribution in [0.4, 0.5) is 4.79 Å². The van der Waals surface area contributed by atoms with Crippen LogP contribution in [0.3, 0.4) is 0 Å². The molecule has 0 bridgehead atoms. The molecule has 2 aromatic carbocycles. The molecule has 4 aromatic rings. The van der Waals surface area contributed by atoms with Gasteiger partial charge >= 0.3 is 6.09 Å². The van der Waals surface area contributed by atoms with Crippen LogP contribution < -0.4 is 15.4 Å². The minimum atomic E-state index is -0.574. The Bertz CT molecular complexity index is 1460. The zero-order valence-corrected chi connectivity index (χ0v) is 23.9. The first kappa shape index (κ1) is 29.3. The number of carbonyl (C=O) groups excluding carboxylic acids is 2. The molecular weight excluding hydrogens is 520 g/mol. The molecule has 0 aliphatic rings. The van der Waals surface area contributed by atoms with Gasteiger partial charge in [-0.3, -0.25) is 4.79 Å². The Balaban J connectivity index is 1.24. The van der Waals surface area contributed by atoms with Crippen LogP contribution in [0.15, 0.2) is 72.9 Å². The summed E-state index contributed by atoms with van der Waals surface area (Å²) in [6.45, 7) is 8.09. The van der Waals surface area contributed by atoms with Gasteiger partial charge in [-0.2, -0.15) is 0 Å². The van der Waals surface area contributed by atoms with Crippen LogP contribution in [0, 0.1) is 6.92 Å². The monoisotopic (exact) mass is 556 g/mol. The first-order valence-electron chi connectivity index (χ1n) is 13.6. The topological polar surface area (TPSA) is 120 Å². The summed E-state index contributed by atoms with van der Waals surface area (Å²) in [5.41, 5.74) is 3.36. The summed E-state index contributed by atoms with van der Waals surface area (Å²) < 4.78 is 13.0. The van der Waals surface area contributed by atoms with Crippen molar-refractivity contribution >= 4 is 12.0 Å². The average molecular weight is 557 g/mol. The average Bonchev–Trinajstić information content (AvgIpc) is 3.40. The van der Waals surface area contributed by atoms with Crippen molar-refractivity contribution in [3.8, 4) is 17.3 Å². The van der Waals surface area contributed by atoms with Gasteiger partial charge < -0.3 is 20.1 Å². The second-order valence-corrected chi connectivity index (χ2v) is 10.6. The van der Waals surface area contributed by atoms with E-state index < -0.39 is 11.7 Å². The van der Waals surface area contributed by atoms with E-state index in [1.165, 1.54) is 0 Å². The lowest BCUT2D eigenvalue weighted by atomic mass is 10.2. The molecule has 0 fully saturated rings. The predicted molar refractivity (Wildman–Crippen MR) is 155 cm³/mol. The molecule has 214 valence electrons. The van der Waals surface area contributed by atoms with Gasteiger partial charge in [-0.1, -0.05) is 29.5 Å². The Kier molecular flexibility index (Phi) is 9.68. The summed E-state index contributed by atoms with van der Waals surface area (Å²) in [6, 6.07) is 20.4. The van der Waals surface area contributed by atoms with E-state index >= 15 is 0 Å². The van der Waals surface area contributed by atoms with E-state index in [2.05, 4.69) is 25.9 Å². The zero-order valence-electron chi connectivity index (χ0n) is 23.9. The zero-order chi connectivity index (χ0) is 29.2. The highest BCUT2D eigenvalue weighted by atomic mass is 16.6. The molecule has 2 N–H and O–H groups in total. The molecular formula is C31H36N6O4. The summed E-state index contributed by atoms with van der Waals surface area (Å²) in [4.78, 5) is 29.2. The van der Waals surface area contributed by atoms with E-state index in [0.29, 0.717) is 23.7 Å². The Hall–Kier alpha value is -4.73. The molecule has 0 spiro atoms. The van der Waals surface area contributed by atoms with Crippen LogP contribution in [0.25, 0.3) is 5.69 Å². The van der Waals surface area contributed by atoms with Crippen molar-refractivity contribution in [2.45, 2.75) is 59.1 Å². The summed E-state index contributed by atoms with van der Waals surface area (Å²) in [5.74, 6) is 0.681. The number of alkyl carbamates (subject to hydrolysis) is 1. The quantitative estimate of drug-likeness (QED) is 0.233. The minimum Gasteiger partial charge on any atom is -0.444 e. The number of nitrogens with one attached hydrogen (secondary N) is 2. The van der Waals surface area contributed by atoms with Gasteiger partial charge in [0, 0.05) is 30.4 Å². The van der Waals surface area contributed by atoms with Gasteiger partial charge in [0.05, 0.1) is 17.6 Å². The van der Waals surface area contributed by atoms with Crippen LogP contribution in [-0.2, 0) is 17.7 Å². The molecule has 41 heavy (non-hydrogen) atoms. The SMILES string of the molecule is Cc1cc(CNC(=O)OC(C)(C)C)cc(Oc2cccc(C(=O)NCCCCc3cn(-c4ccccc4)nn3)c2)n1. The summed E-state index contributed by atoms with van der Waals surface area (Å²) >= 11 is 0. The molecule has 10 nitrogen and oxygen atoms in total. The number of amides is 2. The van der Waals surface area contributed by atoms with Crippen molar-refractivity contribution in [2.24, 2.45) is 0 Å². The number of hydrogen-bond acceptors (Lipinski definition) is 7. The number of benzene rings is 2. The van der Waals surface area contributed by atoms with Gasteiger partial charge in [-0.05, 0) is 88.9 Å². The van der Waals surface area contributed by atoms with Crippen molar-refractivity contribution in [1.29, 1.82) is 0 Å². The van der Waals surface area contributed by atoms with Crippen molar-refractivity contribution in [3.63, 3.8) is 0 Å². The van der Waals surface area contributed by atoms with Crippen LogP contribution in [0.5, 0.6) is 11.6 Å². The lowest BCUT2D eigenvalue weighted by molar-refractivity contribution is 0.0523. The standard InChI is InChI=1S/C31H36N6O4/c1-22-17-23(20-33-30(39)41-31(2,3)4)18-28(34-22)40-27-15-10-11-24(19-27)29(38)32-16-9-8-12-25-21-37(36-35-25)26-13-6-5-7-14-26/h5-7,10-11,13-15,17-19,21H,8-9,12,16,20H2,1-4H3,(H,32,38)(H,33,39). The van der Waals surface area contributed by atoms with Crippen LogP contribution in [0.2, 0.25) is 0 Å². The van der Waals surface area contributed by atoms with Crippen molar-refractivity contribution in [1.82, 2.24) is 30.6 Å².